The molecular weight excluding hydrogens is 402 g/mol. The third kappa shape index (κ3) is 7.38. The monoisotopic (exact) mass is 427 g/mol. The molecule has 1 aromatic rings. The fraction of sp³-hybridized carbons (Fsp3) is 0.556. The molecule has 1 aliphatic rings. The van der Waals surface area contributed by atoms with E-state index in [1.165, 1.54) is 0 Å². The first-order valence-electron chi connectivity index (χ1n) is 8.72. The lowest BCUT2D eigenvalue weighted by molar-refractivity contribution is -0.123. The van der Waals surface area contributed by atoms with Crippen LogP contribution in [-0.4, -0.2) is 48.6 Å². The molecule has 25 heavy (non-hydrogen) atoms. The lowest BCUT2D eigenvalue weighted by Crippen LogP contribution is -2.42. The van der Waals surface area contributed by atoms with Crippen LogP contribution in [0.1, 0.15) is 25.7 Å². The number of nitrogens with one attached hydrogen (secondary N) is 1. The number of rotatable bonds is 9. The first-order chi connectivity index (χ1) is 12.1. The smallest absolute Gasteiger partial charge is 0.221 e. The highest BCUT2D eigenvalue weighted by Gasteiger charge is 2.23. The van der Waals surface area contributed by atoms with E-state index in [1.54, 1.807) is 11.8 Å². The molecule has 138 valence electrons. The summed E-state index contributed by atoms with van der Waals surface area (Å²) in [6, 6.07) is 8.03. The standard InChI is InChI=1S/C18H26BrN3O2S/c19-15-6-1-2-7-16(15)25-12-8-17(23)21-9-4-11-22-10-3-5-14(13-22)18(20)24/h1-2,6-7,14H,3-5,8-13H2,(H2,20,24)(H,21,23). The minimum Gasteiger partial charge on any atom is -0.369 e. The Kier molecular flexibility index (Phi) is 8.78. The van der Waals surface area contributed by atoms with Gasteiger partial charge in [-0.05, 0) is 60.4 Å². The van der Waals surface area contributed by atoms with E-state index in [9.17, 15) is 9.59 Å². The topological polar surface area (TPSA) is 75.4 Å². The van der Waals surface area contributed by atoms with Crippen LogP contribution in [0.25, 0.3) is 0 Å². The second kappa shape index (κ2) is 10.8. The molecule has 0 saturated carbocycles. The Balaban J connectivity index is 1.55. The van der Waals surface area contributed by atoms with Crippen molar-refractivity contribution in [1.82, 2.24) is 10.2 Å². The lowest BCUT2D eigenvalue weighted by Gasteiger charge is -2.31. The molecule has 3 N–H and O–H groups in total. The number of primary amides is 1. The second-order valence-electron chi connectivity index (χ2n) is 6.27. The van der Waals surface area contributed by atoms with Crippen molar-refractivity contribution < 1.29 is 9.59 Å². The van der Waals surface area contributed by atoms with Crippen molar-refractivity contribution in [2.24, 2.45) is 11.7 Å². The van der Waals surface area contributed by atoms with Crippen LogP contribution in [0.5, 0.6) is 0 Å². The van der Waals surface area contributed by atoms with E-state index in [-0.39, 0.29) is 17.7 Å². The molecule has 1 aliphatic heterocycles. The van der Waals surface area contributed by atoms with Crippen molar-refractivity contribution in [2.45, 2.75) is 30.6 Å². The minimum absolute atomic E-state index is 0.0160. The normalized spacial score (nSPS) is 18.0. The zero-order chi connectivity index (χ0) is 18.1. The highest BCUT2D eigenvalue weighted by atomic mass is 79.9. The predicted octanol–water partition coefficient (Wildman–Crippen LogP) is 2.63. The van der Waals surface area contributed by atoms with Crippen LogP contribution in [-0.2, 0) is 9.59 Å². The molecule has 1 saturated heterocycles. The summed E-state index contributed by atoms with van der Waals surface area (Å²) in [5, 5.41) is 2.97. The van der Waals surface area contributed by atoms with Crippen LogP contribution in [0.15, 0.2) is 33.6 Å². The Morgan fingerprint density at radius 2 is 2.16 bits per heavy atom. The number of benzene rings is 1. The summed E-state index contributed by atoms with van der Waals surface area (Å²) in [7, 11) is 0. The number of nitrogens with zero attached hydrogens (tertiary/aromatic N) is 1. The third-order valence-corrected chi connectivity index (χ3v) is 6.33. The van der Waals surface area contributed by atoms with Gasteiger partial charge in [0.05, 0.1) is 5.92 Å². The molecule has 1 fully saturated rings. The Hall–Kier alpha value is -1.05. The van der Waals surface area contributed by atoms with Crippen LogP contribution in [0, 0.1) is 5.92 Å². The highest BCUT2D eigenvalue weighted by Crippen LogP contribution is 2.27. The molecule has 1 unspecified atom stereocenters. The van der Waals surface area contributed by atoms with Crippen LogP contribution in [0.3, 0.4) is 0 Å². The number of carbonyl (C=O) groups is 2. The number of hydrogen-bond donors (Lipinski definition) is 2. The summed E-state index contributed by atoms with van der Waals surface area (Å²) in [5.41, 5.74) is 5.39. The van der Waals surface area contributed by atoms with Gasteiger partial charge in [-0.3, -0.25) is 9.59 Å². The number of halogens is 1. The summed E-state index contributed by atoms with van der Waals surface area (Å²) >= 11 is 5.19. The van der Waals surface area contributed by atoms with Crippen LogP contribution < -0.4 is 11.1 Å². The molecule has 1 atom stereocenters. The Bertz CT molecular complexity index is 585. The second-order valence-corrected chi connectivity index (χ2v) is 8.27. The van der Waals surface area contributed by atoms with E-state index in [4.69, 9.17) is 5.73 Å². The number of hydrogen-bond acceptors (Lipinski definition) is 4. The van der Waals surface area contributed by atoms with Gasteiger partial charge in [-0.15, -0.1) is 11.8 Å². The average molecular weight is 428 g/mol. The summed E-state index contributed by atoms with van der Waals surface area (Å²) in [5.74, 6) is 0.646. The van der Waals surface area contributed by atoms with Gasteiger partial charge in [0.15, 0.2) is 0 Å². The summed E-state index contributed by atoms with van der Waals surface area (Å²) in [4.78, 5) is 26.6. The van der Waals surface area contributed by atoms with Crippen molar-refractivity contribution in [3.05, 3.63) is 28.7 Å². The lowest BCUT2D eigenvalue weighted by atomic mass is 9.97. The molecule has 0 aromatic heterocycles. The minimum atomic E-state index is -0.194. The molecule has 5 nitrogen and oxygen atoms in total. The van der Waals surface area contributed by atoms with Crippen molar-refractivity contribution in [2.75, 3.05) is 31.9 Å². The molecular formula is C18H26BrN3O2S. The molecule has 0 bridgehead atoms. The van der Waals surface area contributed by atoms with Crippen LogP contribution >= 0.6 is 27.7 Å². The number of amides is 2. The van der Waals surface area contributed by atoms with E-state index < -0.39 is 0 Å². The number of thioether (sulfide) groups is 1. The van der Waals surface area contributed by atoms with Crippen molar-refractivity contribution in [3.63, 3.8) is 0 Å². The quantitative estimate of drug-likeness (QED) is 0.469. The fourth-order valence-electron chi connectivity index (χ4n) is 2.93. The van der Waals surface area contributed by atoms with Crippen LogP contribution in [0.4, 0.5) is 0 Å². The van der Waals surface area contributed by atoms with E-state index in [2.05, 4.69) is 26.1 Å². The molecule has 0 spiro atoms. The maximum Gasteiger partial charge on any atom is 0.221 e. The molecule has 2 rings (SSSR count). The van der Waals surface area contributed by atoms with Gasteiger partial charge >= 0.3 is 0 Å². The number of piperidine rings is 1. The van der Waals surface area contributed by atoms with E-state index >= 15 is 0 Å². The summed E-state index contributed by atoms with van der Waals surface area (Å²) in [6.45, 7) is 3.35. The first-order valence-corrected chi connectivity index (χ1v) is 10.5. The van der Waals surface area contributed by atoms with Crippen LogP contribution in [0.2, 0.25) is 0 Å². The van der Waals surface area contributed by atoms with Crippen molar-refractivity contribution in [3.8, 4) is 0 Å². The maximum atomic E-state index is 11.9. The molecule has 0 aliphatic carbocycles. The molecule has 1 heterocycles. The fourth-order valence-corrected chi connectivity index (χ4v) is 4.44. The van der Waals surface area contributed by atoms with Gasteiger partial charge in [-0.25, -0.2) is 0 Å². The van der Waals surface area contributed by atoms with Gasteiger partial charge in [0, 0.05) is 34.6 Å². The molecule has 0 radical (unpaired) electrons. The Labute approximate surface area is 162 Å². The SMILES string of the molecule is NC(=O)C1CCCN(CCCNC(=O)CCSc2ccccc2Br)C1. The molecule has 1 aromatic carbocycles. The Morgan fingerprint density at radius 3 is 2.92 bits per heavy atom. The van der Waals surface area contributed by atoms with Gasteiger partial charge in [0.2, 0.25) is 11.8 Å². The van der Waals surface area contributed by atoms with Crippen molar-refractivity contribution >= 4 is 39.5 Å². The number of nitrogens with two attached hydrogens (primary N) is 1. The van der Waals surface area contributed by atoms with Gasteiger partial charge in [-0.1, -0.05) is 12.1 Å². The molecule has 7 heteroatoms. The van der Waals surface area contributed by atoms with E-state index in [0.717, 1.165) is 54.0 Å². The maximum absolute atomic E-state index is 11.9. The van der Waals surface area contributed by atoms with Gasteiger partial charge in [0.1, 0.15) is 0 Å². The highest BCUT2D eigenvalue weighted by molar-refractivity contribution is 9.10. The first kappa shape index (κ1) is 20.3. The van der Waals surface area contributed by atoms with Gasteiger partial charge in [-0.2, -0.15) is 0 Å². The molecule has 2 amide bonds. The predicted molar refractivity (Wildman–Crippen MR) is 105 cm³/mol. The number of likely N-dealkylation sites (tertiary alicyclic amines) is 1. The number of carbonyl (C=O) groups excluding carboxylic acids is 2. The van der Waals surface area contributed by atoms with E-state index in [0.29, 0.717) is 13.0 Å². The Morgan fingerprint density at radius 1 is 1.36 bits per heavy atom. The van der Waals surface area contributed by atoms with Gasteiger partial charge in [0.25, 0.3) is 0 Å². The van der Waals surface area contributed by atoms with Crippen molar-refractivity contribution in [1.29, 1.82) is 0 Å². The third-order valence-electron chi connectivity index (χ3n) is 4.30. The summed E-state index contributed by atoms with van der Waals surface area (Å²) in [6.07, 6.45) is 3.33. The largest absolute Gasteiger partial charge is 0.369 e. The van der Waals surface area contributed by atoms with E-state index in [1.807, 2.05) is 24.3 Å². The zero-order valence-electron chi connectivity index (χ0n) is 14.4. The summed E-state index contributed by atoms with van der Waals surface area (Å²) < 4.78 is 1.07. The average Bonchev–Trinajstić information content (AvgIpc) is 2.60. The van der Waals surface area contributed by atoms with Gasteiger partial charge < -0.3 is 16.0 Å². The zero-order valence-corrected chi connectivity index (χ0v) is 16.8.